The second kappa shape index (κ2) is 6.23. The molecule has 0 aliphatic carbocycles. The van der Waals surface area contributed by atoms with Crippen molar-refractivity contribution in [1.29, 1.82) is 0 Å². The monoisotopic (exact) mass is 331 g/mol. The summed E-state index contributed by atoms with van der Waals surface area (Å²) >= 11 is 0. The number of aromatic nitrogens is 3. The van der Waals surface area contributed by atoms with E-state index in [-0.39, 0.29) is 24.4 Å². The van der Waals surface area contributed by atoms with E-state index in [0.29, 0.717) is 10.7 Å². The molecule has 10 heteroatoms. The standard InChI is InChI=1S/C13H12F3N3O4/c1-3-22-11(20)7-5-17-10-8(12(21)23-4-2)6-18-19(10)9(7)13(14,15)16/h5-6H,3-4H2,1-2H3. The first kappa shape index (κ1) is 16.7. The molecule has 0 aliphatic heterocycles. The van der Waals surface area contributed by atoms with Crippen molar-refractivity contribution in [2.45, 2.75) is 20.0 Å². The van der Waals surface area contributed by atoms with Crippen LogP contribution in [0.15, 0.2) is 12.4 Å². The van der Waals surface area contributed by atoms with Gasteiger partial charge in [0.25, 0.3) is 0 Å². The third kappa shape index (κ3) is 3.10. The Labute approximate surface area is 128 Å². The molecule has 0 aromatic carbocycles. The quantitative estimate of drug-likeness (QED) is 0.798. The van der Waals surface area contributed by atoms with E-state index >= 15 is 0 Å². The fourth-order valence-electron chi connectivity index (χ4n) is 1.91. The van der Waals surface area contributed by atoms with Crippen molar-refractivity contribution < 1.29 is 32.2 Å². The van der Waals surface area contributed by atoms with E-state index in [9.17, 15) is 22.8 Å². The van der Waals surface area contributed by atoms with Gasteiger partial charge < -0.3 is 9.47 Å². The first-order valence-electron chi connectivity index (χ1n) is 6.59. The fraction of sp³-hybridized carbons (Fsp3) is 0.385. The second-order valence-corrected chi connectivity index (χ2v) is 4.25. The average molecular weight is 331 g/mol. The zero-order valence-electron chi connectivity index (χ0n) is 12.2. The van der Waals surface area contributed by atoms with Crippen molar-refractivity contribution >= 4 is 17.6 Å². The zero-order valence-corrected chi connectivity index (χ0v) is 12.2. The van der Waals surface area contributed by atoms with Crippen LogP contribution < -0.4 is 0 Å². The summed E-state index contributed by atoms with van der Waals surface area (Å²) in [5.41, 5.74) is -2.74. The summed E-state index contributed by atoms with van der Waals surface area (Å²) in [5, 5.41) is 3.52. The van der Waals surface area contributed by atoms with Gasteiger partial charge in [0.05, 0.1) is 19.4 Å². The van der Waals surface area contributed by atoms with Crippen LogP contribution >= 0.6 is 0 Å². The summed E-state index contributed by atoms with van der Waals surface area (Å²) in [5.74, 6) is -2.03. The highest BCUT2D eigenvalue weighted by molar-refractivity contribution is 5.96. The maximum Gasteiger partial charge on any atom is 0.434 e. The van der Waals surface area contributed by atoms with E-state index in [4.69, 9.17) is 4.74 Å². The van der Waals surface area contributed by atoms with Crippen molar-refractivity contribution in [2.75, 3.05) is 13.2 Å². The van der Waals surface area contributed by atoms with E-state index in [1.54, 1.807) is 6.92 Å². The number of carbonyl (C=O) groups is 2. The first-order valence-corrected chi connectivity index (χ1v) is 6.59. The van der Waals surface area contributed by atoms with E-state index < -0.39 is 29.4 Å². The van der Waals surface area contributed by atoms with Crippen LogP contribution in [0.2, 0.25) is 0 Å². The molecule has 0 aliphatic rings. The summed E-state index contributed by atoms with van der Waals surface area (Å²) in [7, 11) is 0. The molecule has 0 unspecified atom stereocenters. The highest BCUT2D eigenvalue weighted by atomic mass is 19.4. The number of esters is 2. The van der Waals surface area contributed by atoms with Gasteiger partial charge in [-0.05, 0) is 13.8 Å². The van der Waals surface area contributed by atoms with Gasteiger partial charge in [0.2, 0.25) is 0 Å². The lowest BCUT2D eigenvalue weighted by Gasteiger charge is -2.13. The molecular weight excluding hydrogens is 319 g/mol. The fourth-order valence-corrected chi connectivity index (χ4v) is 1.91. The molecule has 0 spiro atoms. The number of fused-ring (bicyclic) bond motifs is 1. The summed E-state index contributed by atoms with van der Waals surface area (Å²) in [6.07, 6.45) is -3.29. The van der Waals surface area contributed by atoms with Crippen molar-refractivity contribution in [3.63, 3.8) is 0 Å². The number of halogens is 3. The second-order valence-electron chi connectivity index (χ2n) is 4.25. The Bertz CT molecular complexity index is 755. The number of rotatable bonds is 4. The molecule has 2 aromatic heterocycles. The van der Waals surface area contributed by atoms with Gasteiger partial charge in [-0.2, -0.15) is 18.3 Å². The summed E-state index contributed by atoms with van der Waals surface area (Å²) < 4.78 is 49.7. The third-order valence-corrected chi connectivity index (χ3v) is 2.79. The van der Waals surface area contributed by atoms with E-state index in [1.807, 2.05) is 0 Å². The lowest BCUT2D eigenvalue weighted by Crippen LogP contribution is -2.21. The molecule has 124 valence electrons. The Kier molecular flexibility index (Phi) is 4.52. The van der Waals surface area contributed by atoms with Gasteiger partial charge in [0.15, 0.2) is 11.3 Å². The van der Waals surface area contributed by atoms with Crippen LogP contribution in [0, 0.1) is 0 Å². The molecule has 0 N–H and O–H groups in total. The van der Waals surface area contributed by atoms with Crippen molar-refractivity contribution in [1.82, 2.24) is 14.6 Å². The molecule has 2 aromatic rings. The lowest BCUT2D eigenvalue weighted by molar-refractivity contribution is -0.143. The Hall–Kier alpha value is -2.65. The summed E-state index contributed by atoms with van der Waals surface area (Å²) in [6.45, 7) is 2.96. The van der Waals surface area contributed by atoms with Crippen molar-refractivity contribution in [3.8, 4) is 0 Å². The number of nitrogens with zero attached hydrogens (tertiary/aromatic N) is 3. The van der Waals surface area contributed by atoms with E-state index in [1.165, 1.54) is 6.92 Å². The minimum Gasteiger partial charge on any atom is -0.462 e. The SMILES string of the molecule is CCOC(=O)c1cnc2c(C(=O)OCC)cnn2c1C(F)(F)F. The molecule has 0 amide bonds. The maximum absolute atomic E-state index is 13.3. The molecule has 2 heterocycles. The van der Waals surface area contributed by atoms with Gasteiger partial charge in [-0.25, -0.2) is 19.1 Å². The van der Waals surface area contributed by atoms with Crippen LogP contribution in [-0.4, -0.2) is 39.8 Å². The van der Waals surface area contributed by atoms with Crippen LogP contribution in [-0.2, 0) is 15.7 Å². The van der Waals surface area contributed by atoms with E-state index in [0.717, 1.165) is 6.20 Å². The normalized spacial score (nSPS) is 11.5. The van der Waals surface area contributed by atoms with Crippen LogP contribution in [0.4, 0.5) is 13.2 Å². The molecule has 7 nitrogen and oxygen atoms in total. The predicted molar refractivity (Wildman–Crippen MR) is 69.9 cm³/mol. The number of alkyl halides is 3. The smallest absolute Gasteiger partial charge is 0.434 e. The molecule has 0 radical (unpaired) electrons. The van der Waals surface area contributed by atoms with E-state index in [2.05, 4.69) is 14.8 Å². The lowest BCUT2D eigenvalue weighted by atomic mass is 10.2. The Balaban J connectivity index is 2.69. The van der Waals surface area contributed by atoms with Crippen molar-refractivity contribution in [3.05, 3.63) is 29.2 Å². The Morgan fingerprint density at radius 2 is 1.65 bits per heavy atom. The summed E-state index contributed by atoms with van der Waals surface area (Å²) in [4.78, 5) is 27.1. The molecule has 23 heavy (non-hydrogen) atoms. The van der Waals surface area contributed by atoms with Gasteiger partial charge in [0, 0.05) is 6.20 Å². The highest BCUT2D eigenvalue weighted by Crippen LogP contribution is 2.32. The topological polar surface area (TPSA) is 82.8 Å². The molecule has 0 atom stereocenters. The zero-order chi connectivity index (χ0) is 17.2. The third-order valence-electron chi connectivity index (χ3n) is 2.79. The van der Waals surface area contributed by atoms with Gasteiger partial charge in [-0.1, -0.05) is 0 Å². The van der Waals surface area contributed by atoms with Gasteiger partial charge in [-0.3, -0.25) is 0 Å². The summed E-state index contributed by atoms with van der Waals surface area (Å²) in [6, 6.07) is 0. The number of hydrogen-bond donors (Lipinski definition) is 0. The Morgan fingerprint density at radius 1 is 1.09 bits per heavy atom. The predicted octanol–water partition coefficient (Wildman–Crippen LogP) is 2.10. The first-order chi connectivity index (χ1) is 10.8. The number of ether oxygens (including phenoxy) is 2. The average Bonchev–Trinajstić information content (AvgIpc) is 2.89. The molecule has 0 saturated heterocycles. The molecule has 0 bridgehead atoms. The van der Waals surface area contributed by atoms with Crippen LogP contribution in [0.5, 0.6) is 0 Å². The van der Waals surface area contributed by atoms with Crippen LogP contribution in [0.1, 0.15) is 40.3 Å². The molecule has 0 saturated carbocycles. The number of hydrogen-bond acceptors (Lipinski definition) is 6. The largest absolute Gasteiger partial charge is 0.462 e. The van der Waals surface area contributed by atoms with Crippen molar-refractivity contribution in [2.24, 2.45) is 0 Å². The minimum absolute atomic E-state index is 0.0449. The Morgan fingerprint density at radius 3 is 2.17 bits per heavy atom. The molecule has 0 fully saturated rings. The van der Waals surface area contributed by atoms with Crippen LogP contribution in [0.3, 0.4) is 0 Å². The molecular formula is C13H12F3N3O4. The van der Waals surface area contributed by atoms with Gasteiger partial charge >= 0.3 is 18.1 Å². The maximum atomic E-state index is 13.3. The molecule has 2 rings (SSSR count). The van der Waals surface area contributed by atoms with Gasteiger partial charge in [0.1, 0.15) is 11.1 Å². The van der Waals surface area contributed by atoms with Crippen LogP contribution in [0.25, 0.3) is 5.65 Å². The van der Waals surface area contributed by atoms with Gasteiger partial charge in [-0.15, -0.1) is 0 Å². The highest BCUT2D eigenvalue weighted by Gasteiger charge is 2.40. The number of carbonyl (C=O) groups excluding carboxylic acids is 2. The minimum atomic E-state index is -4.90.